The van der Waals surface area contributed by atoms with Crippen LogP contribution in [-0.2, 0) is 32.0 Å². The van der Waals surface area contributed by atoms with E-state index < -0.39 is 52.4 Å². The highest BCUT2D eigenvalue weighted by atomic mass is 19.4. The van der Waals surface area contributed by atoms with E-state index in [1.807, 2.05) is 60.7 Å². The van der Waals surface area contributed by atoms with Gasteiger partial charge in [0.1, 0.15) is 6.04 Å². The molecule has 3 aromatic rings. The van der Waals surface area contributed by atoms with Gasteiger partial charge >= 0.3 is 18.3 Å². The molecule has 1 spiro atoms. The maximum absolute atomic E-state index is 13.3. The lowest BCUT2D eigenvalue weighted by Crippen LogP contribution is -2.33. The van der Waals surface area contributed by atoms with Gasteiger partial charge in [0.05, 0.1) is 23.1 Å². The van der Waals surface area contributed by atoms with E-state index in [1.165, 1.54) is 0 Å². The van der Waals surface area contributed by atoms with Crippen LogP contribution in [0.5, 0.6) is 0 Å². The number of ether oxygens (including phenoxy) is 2. The van der Waals surface area contributed by atoms with Crippen molar-refractivity contribution in [1.82, 2.24) is 0 Å². The maximum Gasteiger partial charge on any atom is 0.416 e. The lowest BCUT2D eigenvalue weighted by molar-refractivity contribution is -0.192. The predicted molar refractivity (Wildman–Crippen MR) is 122 cm³/mol. The number of hydrogen-bond acceptors (Lipinski definition) is 4. The highest BCUT2D eigenvalue weighted by molar-refractivity contribution is 5.82. The van der Waals surface area contributed by atoms with Crippen molar-refractivity contribution in [2.24, 2.45) is 0 Å². The quantitative estimate of drug-likeness (QED) is 0.312. The first kappa shape index (κ1) is 25.1. The van der Waals surface area contributed by atoms with Crippen LogP contribution < -0.4 is 5.32 Å². The molecule has 194 valence electrons. The van der Waals surface area contributed by atoms with Crippen molar-refractivity contribution in [2.45, 2.75) is 42.4 Å². The van der Waals surface area contributed by atoms with Gasteiger partial charge in [-0.15, -0.1) is 0 Å². The fraction of sp³-hybridized carbons (Fsp3) is 0.296. The van der Waals surface area contributed by atoms with Crippen LogP contribution in [0.2, 0.25) is 0 Å². The molecule has 2 aliphatic heterocycles. The van der Waals surface area contributed by atoms with Crippen LogP contribution in [0.1, 0.15) is 35.1 Å². The number of rotatable bonds is 4. The number of esters is 1. The number of carbonyl (C=O) groups is 1. The SMILES string of the molecule is O=C1OC2(CC1Nc1cc(C(F)(F)F)cc(C(F)(F)F)c1)CC(c1ccccc1)(c1ccccc1)CO2. The van der Waals surface area contributed by atoms with Crippen molar-refractivity contribution < 1.29 is 40.6 Å². The Bertz CT molecular complexity index is 1220. The fourth-order valence-electron chi connectivity index (χ4n) is 5.10. The summed E-state index contributed by atoms with van der Waals surface area (Å²) in [5, 5.41) is 2.52. The van der Waals surface area contributed by atoms with Crippen LogP contribution in [0.4, 0.5) is 32.0 Å². The lowest BCUT2D eigenvalue weighted by atomic mass is 9.72. The molecule has 0 amide bonds. The van der Waals surface area contributed by atoms with E-state index in [0.717, 1.165) is 11.1 Å². The second kappa shape index (κ2) is 8.79. The maximum atomic E-state index is 13.3. The molecule has 3 aromatic carbocycles. The molecule has 0 aliphatic carbocycles. The summed E-state index contributed by atoms with van der Waals surface area (Å²) in [6.45, 7) is 0.169. The third-order valence-corrected chi connectivity index (χ3v) is 6.82. The summed E-state index contributed by atoms with van der Waals surface area (Å²) in [6, 6.07) is 18.9. The van der Waals surface area contributed by atoms with Gasteiger partial charge in [0, 0.05) is 18.5 Å². The zero-order valence-electron chi connectivity index (χ0n) is 19.2. The molecule has 37 heavy (non-hydrogen) atoms. The van der Waals surface area contributed by atoms with Gasteiger partial charge in [0.15, 0.2) is 0 Å². The monoisotopic (exact) mass is 521 g/mol. The predicted octanol–water partition coefficient (Wildman–Crippen LogP) is 6.55. The summed E-state index contributed by atoms with van der Waals surface area (Å²) in [7, 11) is 0. The summed E-state index contributed by atoms with van der Waals surface area (Å²) in [5.41, 5.74) is -2.25. The fourth-order valence-corrected chi connectivity index (χ4v) is 5.10. The number of hydrogen-bond donors (Lipinski definition) is 1. The second-order valence-corrected chi connectivity index (χ2v) is 9.31. The number of carbonyl (C=O) groups excluding carboxylic acids is 1. The molecule has 2 atom stereocenters. The summed E-state index contributed by atoms with van der Waals surface area (Å²) < 4.78 is 91.3. The third kappa shape index (κ3) is 4.77. The average Bonchev–Trinajstić information content (AvgIpc) is 3.38. The van der Waals surface area contributed by atoms with Crippen LogP contribution in [-0.4, -0.2) is 24.4 Å². The molecule has 4 nitrogen and oxygen atoms in total. The first-order chi connectivity index (χ1) is 17.4. The molecule has 5 rings (SSSR count). The van der Waals surface area contributed by atoms with E-state index in [2.05, 4.69) is 5.32 Å². The average molecular weight is 521 g/mol. The number of alkyl halides is 6. The zero-order valence-corrected chi connectivity index (χ0v) is 19.2. The summed E-state index contributed by atoms with van der Waals surface area (Å²) in [5.74, 6) is -2.21. The Morgan fingerprint density at radius 2 is 1.30 bits per heavy atom. The van der Waals surface area contributed by atoms with Gasteiger partial charge in [0.2, 0.25) is 5.79 Å². The minimum absolute atomic E-state index is 0.0355. The summed E-state index contributed by atoms with van der Waals surface area (Å²) >= 11 is 0. The molecular weight excluding hydrogens is 500 g/mol. The molecule has 0 saturated carbocycles. The smallest absolute Gasteiger partial charge is 0.416 e. The Hall–Kier alpha value is -3.53. The van der Waals surface area contributed by atoms with Crippen LogP contribution in [0.15, 0.2) is 78.9 Å². The van der Waals surface area contributed by atoms with E-state index >= 15 is 0 Å². The standard InChI is InChI=1S/C27H21F6NO3/c28-26(29,30)19-11-20(27(31,32)33)13-21(12-19)34-22-14-25(37-23(22)35)15-24(16-36-25,17-7-3-1-4-8-17)18-9-5-2-6-10-18/h1-13,22,34H,14-16H2. The van der Waals surface area contributed by atoms with E-state index in [0.29, 0.717) is 12.1 Å². The first-order valence-electron chi connectivity index (χ1n) is 11.4. The normalized spacial score (nSPS) is 23.3. The Morgan fingerprint density at radius 3 is 1.78 bits per heavy atom. The molecule has 2 unspecified atom stereocenters. The molecule has 2 aliphatic rings. The van der Waals surface area contributed by atoms with Gasteiger partial charge in [-0.05, 0) is 29.3 Å². The summed E-state index contributed by atoms with van der Waals surface area (Å²) in [4.78, 5) is 12.8. The lowest BCUT2D eigenvalue weighted by Gasteiger charge is -2.30. The van der Waals surface area contributed by atoms with Crippen molar-refractivity contribution in [3.8, 4) is 0 Å². The molecule has 1 N–H and O–H groups in total. The minimum Gasteiger partial charge on any atom is -0.431 e. The first-order valence-corrected chi connectivity index (χ1v) is 11.4. The largest absolute Gasteiger partial charge is 0.431 e. The molecule has 2 fully saturated rings. The molecule has 0 radical (unpaired) electrons. The minimum atomic E-state index is -5.01. The summed E-state index contributed by atoms with van der Waals surface area (Å²) in [6.07, 6.45) is -9.87. The van der Waals surface area contributed by atoms with Crippen LogP contribution in [0, 0.1) is 0 Å². The third-order valence-electron chi connectivity index (χ3n) is 6.82. The highest BCUT2D eigenvalue weighted by Crippen LogP contribution is 2.51. The Morgan fingerprint density at radius 1 is 0.784 bits per heavy atom. The van der Waals surface area contributed by atoms with Crippen molar-refractivity contribution in [2.75, 3.05) is 11.9 Å². The molecule has 10 heteroatoms. The Labute approximate surface area is 208 Å². The number of halogens is 6. The topological polar surface area (TPSA) is 47.6 Å². The van der Waals surface area contributed by atoms with Gasteiger partial charge in [0.25, 0.3) is 0 Å². The van der Waals surface area contributed by atoms with Gasteiger partial charge in [-0.2, -0.15) is 26.3 Å². The Balaban J connectivity index is 1.44. The van der Waals surface area contributed by atoms with E-state index in [-0.39, 0.29) is 25.5 Å². The zero-order chi connectivity index (χ0) is 26.5. The van der Waals surface area contributed by atoms with Crippen molar-refractivity contribution in [1.29, 1.82) is 0 Å². The van der Waals surface area contributed by atoms with Crippen molar-refractivity contribution in [3.05, 3.63) is 101 Å². The Kier molecular flexibility index (Phi) is 5.97. The molecular formula is C27H21F6NO3. The number of anilines is 1. The number of nitrogens with one attached hydrogen (secondary N) is 1. The molecule has 0 bridgehead atoms. The molecule has 2 saturated heterocycles. The van der Waals surface area contributed by atoms with E-state index in [4.69, 9.17) is 9.47 Å². The van der Waals surface area contributed by atoms with Gasteiger partial charge in [-0.25, -0.2) is 4.79 Å². The second-order valence-electron chi connectivity index (χ2n) is 9.31. The molecule has 0 aromatic heterocycles. The van der Waals surface area contributed by atoms with Crippen molar-refractivity contribution in [3.63, 3.8) is 0 Å². The van der Waals surface area contributed by atoms with Crippen LogP contribution in [0.3, 0.4) is 0 Å². The van der Waals surface area contributed by atoms with Crippen molar-refractivity contribution >= 4 is 11.7 Å². The van der Waals surface area contributed by atoms with Gasteiger partial charge in [-0.1, -0.05) is 60.7 Å². The van der Waals surface area contributed by atoms with Gasteiger partial charge < -0.3 is 14.8 Å². The van der Waals surface area contributed by atoms with Crippen LogP contribution in [0.25, 0.3) is 0 Å². The number of benzene rings is 3. The van der Waals surface area contributed by atoms with E-state index in [1.54, 1.807) is 0 Å². The van der Waals surface area contributed by atoms with Gasteiger partial charge in [-0.3, -0.25) is 0 Å². The van der Waals surface area contributed by atoms with E-state index in [9.17, 15) is 31.1 Å². The highest BCUT2D eigenvalue weighted by Gasteiger charge is 2.59. The van der Waals surface area contributed by atoms with Crippen LogP contribution >= 0.6 is 0 Å². The molecule has 2 heterocycles.